The summed E-state index contributed by atoms with van der Waals surface area (Å²) >= 11 is 0. The fraction of sp³-hybridized carbons (Fsp3) is 0.438. The maximum absolute atomic E-state index is 11.9. The standard InChI is InChI=1S/C16H21N3O7/c1-3-14(20)17-9-13(10-18-15(21)4-2)26-16(22)25-12-7-5-11(6-8-12)19(23)24/h5-8,13H,3-4,9-10H2,1-2H3,(H,17,20)(H,18,21). The van der Waals surface area contributed by atoms with E-state index in [1.54, 1.807) is 13.8 Å². The van der Waals surface area contributed by atoms with Gasteiger partial charge in [-0.15, -0.1) is 0 Å². The first-order valence-electron chi connectivity index (χ1n) is 8.02. The number of hydrogen-bond acceptors (Lipinski definition) is 7. The van der Waals surface area contributed by atoms with E-state index in [1.807, 2.05) is 0 Å². The topological polar surface area (TPSA) is 137 Å². The van der Waals surface area contributed by atoms with Crippen LogP contribution in [0.25, 0.3) is 0 Å². The molecule has 0 radical (unpaired) electrons. The minimum absolute atomic E-state index is 0.00598. The summed E-state index contributed by atoms with van der Waals surface area (Å²) in [4.78, 5) is 44.6. The molecular formula is C16H21N3O7. The van der Waals surface area contributed by atoms with Crippen LogP contribution in [0.5, 0.6) is 5.75 Å². The lowest BCUT2D eigenvalue weighted by Crippen LogP contribution is -2.42. The van der Waals surface area contributed by atoms with E-state index in [0.717, 1.165) is 0 Å². The summed E-state index contributed by atoms with van der Waals surface area (Å²) in [5, 5.41) is 15.7. The summed E-state index contributed by atoms with van der Waals surface area (Å²) in [7, 11) is 0. The molecule has 0 fully saturated rings. The highest BCUT2D eigenvalue weighted by Gasteiger charge is 2.18. The molecule has 0 aliphatic heterocycles. The van der Waals surface area contributed by atoms with Gasteiger partial charge in [0.05, 0.1) is 18.0 Å². The molecule has 10 heteroatoms. The van der Waals surface area contributed by atoms with Crippen molar-refractivity contribution >= 4 is 23.7 Å². The van der Waals surface area contributed by atoms with Gasteiger partial charge in [0.1, 0.15) is 11.9 Å². The first kappa shape index (κ1) is 20.9. The van der Waals surface area contributed by atoms with Gasteiger partial charge in [-0.05, 0) is 12.1 Å². The molecule has 0 atom stereocenters. The van der Waals surface area contributed by atoms with E-state index in [0.29, 0.717) is 0 Å². The minimum atomic E-state index is -1.06. The van der Waals surface area contributed by atoms with Crippen LogP contribution in [0.15, 0.2) is 24.3 Å². The van der Waals surface area contributed by atoms with Crippen LogP contribution in [0.3, 0.4) is 0 Å². The number of rotatable bonds is 9. The summed E-state index contributed by atoms with van der Waals surface area (Å²) in [5.74, 6) is -0.400. The molecule has 26 heavy (non-hydrogen) atoms. The molecule has 1 aromatic rings. The van der Waals surface area contributed by atoms with Gasteiger partial charge in [0.2, 0.25) is 11.8 Å². The van der Waals surface area contributed by atoms with Crippen molar-refractivity contribution in [3.63, 3.8) is 0 Å². The number of amides is 2. The predicted octanol–water partition coefficient (Wildman–Crippen LogP) is 1.53. The molecule has 0 aliphatic rings. The number of hydrogen-bond donors (Lipinski definition) is 2. The number of benzene rings is 1. The molecule has 0 unspecified atom stereocenters. The Morgan fingerprint density at radius 2 is 1.54 bits per heavy atom. The molecule has 0 saturated heterocycles. The van der Waals surface area contributed by atoms with E-state index >= 15 is 0 Å². The maximum atomic E-state index is 11.9. The van der Waals surface area contributed by atoms with Crippen LogP contribution in [-0.2, 0) is 14.3 Å². The smallest absolute Gasteiger partial charge is 0.427 e. The van der Waals surface area contributed by atoms with Crippen molar-refractivity contribution in [2.24, 2.45) is 0 Å². The van der Waals surface area contributed by atoms with Crippen LogP contribution in [0.4, 0.5) is 10.5 Å². The van der Waals surface area contributed by atoms with E-state index in [4.69, 9.17) is 9.47 Å². The number of carbonyl (C=O) groups excluding carboxylic acids is 3. The van der Waals surface area contributed by atoms with Crippen molar-refractivity contribution in [2.75, 3.05) is 13.1 Å². The van der Waals surface area contributed by atoms with E-state index in [-0.39, 0.29) is 49.2 Å². The SMILES string of the molecule is CCC(=O)NCC(CNC(=O)CC)OC(=O)Oc1ccc([N+](=O)[O-])cc1. The third-order valence-electron chi connectivity index (χ3n) is 3.21. The molecule has 0 bridgehead atoms. The zero-order valence-corrected chi connectivity index (χ0v) is 14.5. The Balaban J connectivity index is 2.62. The lowest BCUT2D eigenvalue weighted by atomic mass is 10.3. The first-order chi connectivity index (χ1) is 12.3. The van der Waals surface area contributed by atoms with Gasteiger partial charge in [0.25, 0.3) is 5.69 Å². The van der Waals surface area contributed by atoms with E-state index in [1.165, 1.54) is 24.3 Å². The predicted molar refractivity (Wildman–Crippen MR) is 90.6 cm³/mol. The number of nitro groups is 1. The molecule has 10 nitrogen and oxygen atoms in total. The molecule has 0 heterocycles. The molecule has 0 saturated carbocycles. The Morgan fingerprint density at radius 1 is 1.04 bits per heavy atom. The molecule has 1 rings (SSSR count). The quantitative estimate of drug-likeness (QED) is 0.292. The highest BCUT2D eigenvalue weighted by molar-refractivity contribution is 5.76. The lowest BCUT2D eigenvalue weighted by Gasteiger charge is -2.18. The minimum Gasteiger partial charge on any atom is -0.427 e. The molecule has 0 spiro atoms. The van der Waals surface area contributed by atoms with Gasteiger partial charge in [0.15, 0.2) is 0 Å². The van der Waals surface area contributed by atoms with Gasteiger partial charge in [0, 0.05) is 25.0 Å². The molecular weight excluding hydrogens is 346 g/mol. The Kier molecular flexibility index (Phi) is 8.55. The highest BCUT2D eigenvalue weighted by Crippen LogP contribution is 2.17. The van der Waals surface area contributed by atoms with Gasteiger partial charge < -0.3 is 20.1 Å². The van der Waals surface area contributed by atoms with Crippen molar-refractivity contribution in [3.8, 4) is 5.75 Å². The molecule has 0 aliphatic carbocycles. The van der Waals surface area contributed by atoms with Gasteiger partial charge in [-0.2, -0.15) is 0 Å². The van der Waals surface area contributed by atoms with Crippen LogP contribution in [0.2, 0.25) is 0 Å². The molecule has 142 valence electrons. The number of nitro benzene ring substituents is 1. The zero-order valence-electron chi connectivity index (χ0n) is 14.5. The van der Waals surface area contributed by atoms with Crippen LogP contribution in [0, 0.1) is 10.1 Å². The Labute approximate surface area is 150 Å². The Hall–Kier alpha value is -3.17. The Morgan fingerprint density at radius 3 is 1.96 bits per heavy atom. The fourth-order valence-corrected chi connectivity index (χ4v) is 1.75. The second-order valence-corrected chi connectivity index (χ2v) is 5.16. The normalized spacial score (nSPS) is 10.1. The summed E-state index contributed by atoms with van der Waals surface area (Å²) in [5.41, 5.74) is -0.145. The van der Waals surface area contributed by atoms with E-state index < -0.39 is 17.2 Å². The molecule has 2 N–H and O–H groups in total. The van der Waals surface area contributed by atoms with Crippen LogP contribution in [0.1, 0.15) is 26.7 Å². The van der Waals surface area contributed by atoms with Gasteiger partial charge in [-0.25, -0.2) is 4.79 Å². The average molecular weight is 367 g/mol. The van der Waals surface area contributed by atoms with Crippen molar-refractivity contribution in [2.45, 2.75) is 32.8 Å². The first-order valence-corrected chi connectivity index (χ1v) is 8.02. The van der Waals surface area contributed by atoms with Crippen molar-refractivity contribution in [3.05, 3.63) is 34.4 Å². The maximum Gasteiger partial charge on any atom is 0.514 e. The van der Waals surface area contributed by atoms with Gasteiger partial charge >= 0.3 is 6.16 Å². The fourth-order valence-electron chi connectivity index (χ4n) is 1.75. The monoisotopic (exact) mass is 367 g/mol. The number of nitrogens with zero attached hydrogens (tertiary/aromatic N) is 1. The second kappa shape index (κ2) is 10.6. The number of non-ortho nitro benzene ring substituents is 1. The lowest BCUT2D eigenvalue weighted by molar-refractivity contribution is -0.384. The van der Waals surface area contributed by atoms with Crippen LogP contribution >= 0.6 is 0 Å². The summed E-state index contributed by atoms with van der Waals surface area (Å²) in [6.07, 6.45) is -1.35. The third kappa shape index (κ3) is 7.60. The van der Waals surface area contributed by atoms with Crippen molar-refractivity contribution in [1.29, 1.82) is 0 Å². The summed E-state index contributed by atoms with van der Waals surface area (Å²) in [6, 6.07) is 4.88. The zero-order chi connectivity index (χ0) is 19.5. The molecule has 1 aromatic carbocycles. The van der Waals surface area contributed by atoms with Gasteiger partial charge in [-0.1, -0.05) is 13.8 Å². The highest BCUT2D eigenvalue weighted by atomic mass is 16.7. The largest absolute Gasteiger partial charge is 0.514 e. The number of ether oxygens (including phenoxy) is 2. The van der Waals surface area contributed by atoms with Crippen LogP contribution < -0.4 is 15.4 Å². The number of carbonyl (C=O) groups is 3. The summed E-state index contributed by atoms with van der Waals surface area (Å²) < 4.78 is 10.0. The van der Waals surface area contributed by atoms with Crippen molar-refractivity contribution in [1.82, 2.24) is 10.6 Å². The third-order valence-corrected chi connectivity index (χ3v) is 3.21. The molecule has 0 aromatic heterocycles. The van der Waals surface area contributed by atoms with E-state index in [9.17, 15) is 24.5 Å². The average Bonchev–Trinajstić information content (AvgIpc) is 2.63. The second-order valence-electron chi connectivity index (χ2n) is 5.16. The molecule has 2 amide bonds. The summed E-state index contributed by atoms with van der Waals surface area (Å²) in [6.45, 7) is 3.36. The number of nitrogens with one attached hydrogen (secondary N) is 2. The van der Waals surface area contributed by atoms with Gasteiger partial charge in [-0.3, -0.25) is 19.7 Å². The van der Waals surface area contributed by atoms with E-state index in [2.05, 4.69) is 10.6 Å². The Bertz CT molecular complexity index is 626. The van der Waals surface area contributed by atoms with Crippen molar-refractivity contribution < 1.29 is 28.8 Å². The van der Waals surface area contributed by atoms with Crippen LogP contribution in [-0.4, -0.2) is 42.1 Å².